The number of fused-ring (bicyclic) bond motifs is 9. The Morgan fingerprint density at radius 3 is 0.776 bits per heavy atom. The van der Waals surface area contributed by atoms with Crippen LogP contribution in [0.15, 0.2) is 309 Å². The molecule has 0 saturated carbocycles. The standard InChI is InChI=1S/C75H51N/c1-7-25-52(26-8-1)73(53-27-9-2-10-28-53)67-40-22-19-37-61(67)64-46-43-58(49-70(64)73)76(59-44-47-65-62-38-20-23-41-68(62)74(71(65)50-59,54-29-11-3-12-30-54)55-31-13-4-14-32-55)60-45-48-66-63-39-21-24-42-69(63)75(72(66)51-60,56-33-15-5-16-34-56)57-35-17-6-18-36-57/h1-51H/i1D,2D,7D,8D,9D,10D,25D,26D,27D,28D. The van der Waals surface area contributed by atoms with Gasteiger partial charge in [0.1, 0.15) is 0 Å². The highest BCUT2D eigenvalue weighted by Gasteiger charge is 2.50. The number of nitrogens with zero attached hydrogens (tertiary/aromatic N) is 1. The van der Waals surface area contributed by atoms with Crippen molar-refractivity contribution in [3.05, 3.63) is 376 Å². The number of hydrogen-bond acceptors (Lipinski definition) is 1. The van der Waals surface area contributed by atoms with Gasteiger partial charge in [0.25, 0.3) is 0 Å². The van der Waals surface area contributed by atoms with Crippen molar-refractivity contribution in [2.45, 2.75) is 16.2 Å². The van der Waals surface area contributed by atoms with Crippen molar-refractivity contribution in [2.24, 2.45) is 0 Å². The molecule has 0 unspecified atom stereocenters. The van der Waals surface area contributed by atoms with Crippen molar-refractivity contribution in [2.75, 3.05) is 4.90 Å². The first-order chi connectivity index (χ1) is 41.9. The Kier molecular flexibility index (Phi) is 7.90. The third kappa shape index (κ3) is 6.09. The van der Waals surface area contributed by atoms with Crippen LogP contribution in [-0.4, -0.2) is 0 Å². The number of benzene rings is 12. The van der Waals surface area contributed by atoms with Crippen LogP contribution >= 0.6 is 0 Å². The second kappa shape index (κ2) is 17.3. The quantitative estimate of drug-likeness (QED) is 0.139. The van der Waals surface area contributed by atoms with Gasteiger partial charge in [-0.05, 0) is 137 Å². The Hall–Kier alpha value is -9.56. The van der Waals surface area contributed by atoms with E-state index in [0.717, 1.165) is 78.1 Å². The summed E-state index contributed by atoms with van der Waals surface area (Å²) in [5, 5.41) is 0. The normalized spacial score (nSPS) is 16.2. The third-order valence-electron chi connectivity index (χ3n) is 16.4. The molecule has 3 aliphatic carbocycles. The molecule has 0 aliphatic heterocycles. The van der Waals surface area contributed by atoms with Crippen LogP contribution < -0.4 is 4.90 Å². The van der Waals surface area contributed by atoms with Crippen LogP contribution in [0.4, 0.5) is 17.1 Å². The summed E-state index contributed by atoms with van der Waals surface area (Å²) in [5.74, 6) is 0. The fraction of sp³-hybridized carbons (Fsp3) is 0.0400. The second-order valence-corrected chi connectivity index (χ2v) is 19.9. The molecule has 1 heteroatoms. The van der Waals surface area contributed by atoms with Gasteiger partial charge in [-0.1, -0.05) is 273 Å². The zero-order valence-corrected chi connectivity index (χ0v) is 41.1. The van der Waals surface area contributed by atoms with Gasteiger partial charge in [-0.3, -0.25) is 0 Å². The molecule has 0 atom stereocenters. The summed E-state index contributed by atoms with van der Waals surface area (Å²) >= 11 is 0. The molecule has 0 bridgehead atoms. The van der Waals surface area contributed by atoms with Gasteiger partial charge >= 0.3 is 0 Å². The largest absolute Gasteiger partial charge is 0.310 e. The van der Waals surface area contributed by atoms with E-state index in [2.05, 4.69) is 187 Å². The van der Waals surface area contributed by atoms with E-state index in [1.165, 1.54) is 0 Å². The summed E-state index contributed by atoms with van der Waals surface area (Å²) in [6, 6.07) is 80.3. The predicted octanol–water partition coefficient (Wildman–Crippen LogP) is 18.2. The molecule has 76 heavy (non-hydrogen) atoms. The molecule has 0 spiro atoms. The van der Waals surface area contributed by atoms with Crippen molar-refractivity contribution < 1.29 is 13.7 Å². The Bertz CT molecular complexity index is 4390. The lowest BCUT2D eigenvalue weighted by Gasteiger charge is -2.36. The van der Waals surface area contributed by atoms with E-state index in [0.29, 0.717) is 27.9 Å². The van der Waals surface area contributed by atoms with Gasteiger partial charge in [0, 0.05) is 17.1 Å². The minimum absolute atomic E-state index is 0.228. The Balaban J connectivity index is 1.08. The first kappa shape index (κ1) is 34.8. The molecule has 0 radical (unpaired) electrons. The fourth-order valence-corrected chi connectivity index (χ4v) is 13.5. The maximum absolute atomic E-state index is 9.83. The maximum atomic E-state index is 9.83. The third-order valence-corrected chi connectivity index (χ3v) is 16.4. The van der Waals surface area contributed by atoms with E-state index in [-0.39, 0.29) is 11.1 Å². The van der Waals surface area contributed by atoms with Crippen LogP contribution in [0.3, 0.4) is 0 Å². The van der Waals surface area contributed by atoms with Gasteiger partial charge in [0.15, 0.2) is 0 Å². The maximum Gasteiger partial charge on any atom is 0.0714 e. The number of anilines is 3. The van der Waals surface area contributed by atoms with Gasteiger partial charge in [0.05, 0.1) is 30.0 Å². The van der Waals surface area contributed by atoms with E-state index < -0.39 is 76.7 Å². The van der Waals surface area contributed by atoms with Crippen molar-refractivity contribution in [3.8, 4) is 33.4 Å². The molecule has 356 valence electrons. The average molecular weight is 976 g/mol. The van der Waals surface area contributed by atoms with E-state index in [4.69, 9.17) is 2.74 Å². The molecule has 0 fully saturated rings. The van der Waals surface area contributed by atoms with Gasteiger partial charge in [0.2, 0.25) is 0 Å². The molecule has 15 rings (SSSR count). The molecule has 3 aliphatic rings. The van der Waals surface area contributed by atoms with Crippen molar-refractivity contribution >= 4 is 17.1 Å². The first-order valence-corrected chi connectivity index (χ1v) is 25.8. The van der Waals surface area contributed by atoms with Crippen LogP contribution in [0.1, 0.15) is 80.5 Å². The molecule has 0 heterocycles. The SMILES string of the molecule is [2H]c1c([2H])c([2H])c(C2(c3c([2H])c([2H])c([2H])c([2H])c3[2H])c3ccccc3-c3ccc(N(c4ccc5c(c4)C(c4ccccc4)(c4ccccc4)c4ccccc4-5)c4ccc5c(c4)C(c4ccccc4)(c4ccccc4)c4ccccc4-5)cc32)c([2H])c1[2H]. The van der Waals surface area contributed by atoms with Gasteiger partial charge in [-0.2, -0.15) is 0 Å². The molecule has 0 N–H and O–H groups in total. The molecule has 12 aromatic rings. The second-order valence-electron chi connectivity index (χ2n) is 19.9. The van der Waals surface area contributed by atoms with Crippen molar-refractivity contribution in [1.82, 2.24) is 0 Å². The minimum atomic E-state index is -2.07. The summed E-state index contributed by atoms with van der Waals surface area (Å²) in [4.78, 5) is 2.21. The van der Waals surface area contributed by atoms with Gasteiger partial charge in [-0.15, -0.1) is 0 Å². The Labute approximate surface area is 459 Å². The van der Waals surface area contributed by atoms with E-state index >= 15 is 0 Å². The van der Waals surface area contributed by atoms with Crippen LogP contribution in [0, 0.1) is 0 Å². The monoisotopic (exact) mass is 975 g/mol. The lowest BCUT2D eigenvalue weighted by Crippen LogP contribution is -2.29. The molecular weight excluding hydrogens is 915 g/mol. The highest BCUT2D eigenvalue weighted by Crippen LogP contribution is 2.61. The van der Waals surface area contributed by atoms with E-state index in [9.17, 15) is 11.0 Å². The van der Waals surface area contributed by atoms with Gasteiger partial charge in [-0.25, -0.2) is 0 Å². The highest BCUT2D eigenvalue weighted by molar-refractivity contribution is 5.94. The summed E-state index contributed by atoms with van der Waals surface area (Å²) in [6.07, 6.45) is 0. The molecule has 0 amide bonds. The van der Waals surface area contributed by atoms with Crippen LogP contribution in [-0.2, 0) is 16.2 Å². The first-order valence-electron chi connectivity index (χ1n) is 30.8. The summed E-state index contributed by atoms with van der Waals surface area (Å²) in [7, 11) is 0. The number of hydrogen-bond donors (Lipinski definition) is 0. The molecule has 1 nitrogen and oxygen atoms in total. The molecule has 0 aromatic heterocycles. The zero-order chi connectivity index (χ0) is 59.0. The lowest BCUT2D eigenvalue weighted by atomic mass is 9.67. The Morgan fingerprint density at radius 1 is 0.224 bits per heavy atom. The summed E-state index contributed by atoms with van der Waals surface area (Å²) < 4.78 is 93.8. The van der Waals surface area contributed by atoms with Crippen LogP contribution in [0.2, 0.25) is 0 Å². The topological polar surface area (TPSA) is 3.24 Å². The molecular formula is C75H51N. The summed E-state index contributed by atoms with van der Waals surface area (Å²) in [6.45, 7) is 0. The van der Waals surface area contributed by atoms with Crippen LogP contribution in [0.25, 0.3) is 33.4 Å². The van der Waals surface area contributed by atoms with Gasteiger partial charge < -0.3 is 4.90 Å². The zero-order valence-electron chi connectivity index (χ0n) is 51.1. The summed E-state index contributed by atoms with van der Waals surface area (Å²) in [5.41, 5.74) is 13.2. The lowest BCUT2D eigenvalue weighted by molar-refractivity contribution is 0.766. The molecule has 0 saturated heterocycles. The van der Waals surface area contributed by atoms with Crippen molar-refractivity contribution in [1.29, 1.82) is 0 Å². The molecule has 12 aromatic carbocycles. The van der Waals surface area contributed by atoms with Crippen molar-refractivity contribution in [3.63, 3.8) is 0 Å². The fourth-order valence-electron chi connectivity index (χ4n) is 13.5. The minimum Gasteiger partial charge on any atom is -0.310 e. The smallest absolute Gasteiger partial charge is 0.0714 e. The highest BCUT2D eigenvalue weighted by atomic mass is 15.1. The Morgan fingerprint density at radius 2 is 0.474 bits per heavy atom. The number of rotatable bonds is 9. The van der Waals surface area contributed by atoms with Crippen LogP contribution in [0.5, 0.6) is 0 Å². The van der Waals surface area contributed by atoms with E-state index in [1.54, 1.807) is 12.1 Å². The average Bonchev–Trinajstić information content (AvgIpc) is 1.47. The predicted molar refractivity (Wildman–Crippen MR) is 313 cm³/mol. The van der Waals surface area contributed by atoms with E-state index in [1.807, 2.05) is 54.6 Å².